The summed E-state index contributed by atoms with van der Waals surface area (Å²) < 4.78 is 7.26. The molecule has 0 bridgehead atoms. The van der Waals surface area contributed by atoms with Gasteiger partial charge in [-0.2, -0.15) is 0 Å². The fourth-order valence-electron chi connectivity index (χ4n) is 3.57. The molecule has 0 radical (unpaired) electrons. The molecule has 1 amide bonds. The summed E-state index contributed by atoms with van der Waals surface area (Å²) in [5.41, 5.74) is 4.03. The number of rotatable bonds is 9. The summed E-state index contributed by atoms with van der Waals surface area (Å²) in [6.07, 6.45) is -0.0150. The SMILES string of the molecule is Cc1cc(C(=O)COC(=O)CC(C)NC(=O)c2ccccc2)c(C)n1Cc1ccccc1. The third-order valence-electron chi connectivity index (χ3n) is 5.31. The Labute approximate surface area is 188 Å². The van der Waals surface area contributed by atoms with Gasteiger partial charge in [-0.25, -0.2) is 0 Å². The molecular formula is C26H28N2O4. The Morgan fingerprint density at radius 2 is 1.59 bits per heavy atom. The number of nitrogens with one attached hydrogen (secondary N) is 1. The average Bonchev–Trinajstić information content (AvgIpc) is 3.07. The molecule has 3 rings (SSSR count). The number of esters is 1. The highest BCUT2D eigenvalue weighted by Gasteiger charge is 2.19. The molecule has 6 nitrogen and oxygen atoms in total. The fourth-order valence-corrected chi connectivity index (χ4v) is 3.57. The van der Waals surface area contributed by atoms with Gasteiger partial charge >= 0.3 is 5.97 Å². The molecule has 1 heterocycles. The van der Waals surface area contributed by atoms with Gasteiger partial charge in [0.25, 0.3) is 5.91 Å². The number of aromatic nitrogens is 1. The standard InChI is InChI=1S/C26H28N2O4/c1-18(27-26(31)22-12-8-5-9-13-22)14-25(30)32-17-24(29)23-15-19(2)28(20(23)3)16-21-10-6-4-7-11-21/h4-13,15,18H,14,16-17H2,1-3H3,(H,27,31). The molecular weight excluding hydrogens is 404 g/mol. The van der Waals surface area contributed by atoms with Crippen molar-refractivity contribution in [3.63, 3.8) is 0 Å². The van der Waals surface area contributed by atoms with Crippen LogP contribution < -0.4 is 5.32 Å². The predicted molar refractivity (Wildman–Crippen MR) is 123 cm³/mol. The summed E-state index contributed by atoms with van der Waals surface area (Å²) in [4.78, 5) is 37.0. The van der Waals surface area contributed by atoms with Gasteiger partial charge in [0.15, 0.2) is 6.61 Å². The Bertz CT molecular complexity index is 1090. The molecule has 0 fully saturated rings. The van der Waals surface area contributed by atoms with E-state index >= 15 is 0 Å². The van der Waals surface area contributed by atoms with E-state index in [4.69, 9.17) is 4.74 Å². The summed E-state index contributed by atoms with van der Waals surface area (Å²) in [5, 5.41) is 2.76. The second-order valence-electron chi connectivity index (χ2n) is 7.89. The van der Waals surface area contributed by atoms with Crippen LogP contribution in [0.5, 0.6) is 0 Å². The third-order valence-corrected chi connectivity index (χ3v) is 5.31. The van der Waals surface area contributed by atoms with E-state index in [1.165, 1.54) is 0 Å². The molecule has 0 aliphatic carbocycles. The Balaban J connectivity index is 1.52. The molecule has 1 atom stereocenters. The number of nitrogens with zero attached hydrogens (tertiary/aromatic N) is 1. The van der Waals surface area contributed by atoms with Gasteiger partial charge in [-0.1, -0.05) is 48.5 Å². The van der Waals surface area contributed by atoms with Gasteiger partial charge in [-0.15, -0.1) is 0 Å². The lowest BCUT2D eigenvalue weighted by Gasteiger charge is -2.13. The zero-order valence-corrected chi connectivity index (χ0v) is 18.6. The first-order chi connectivity index (χ1) is 15.3. The van der Waals surface area contributed by atoms with E-state index in [0.717, 1.165) is 17.0 Å². The van der Waals surface area contributed by atoms with E-state index in [2.05, 4.69) is 9.88 Å². The van der Waals surface area contributed by atoms with Crippen molar-refractivity contribution in [1.29, 1.82) is 0 Å². The summed E-state index contributed by atoms with van der Waals surface area (Å²) >= 11 is 0. The Morgan fingerprint density at radius 3 is 2.25 bits per heavy atom. The van der Waals surface area contributed by atoms with E-state index in [1.807, 2.05) is 56.3 Å². The first kappa shape index (κ1) is 23.0. The van der Waals surface area contributed by atoms with Crippen LogP contribution in [0, 0.1) is 13.8 Å². The number of aryl methyl sites for hydroxylation is 1. The maximum absolute atomic E-state index is 12.7. The monoisotopic (exact) mass is 432 g/mol. The van der Waals surface area contributed by atoms with E-state index in [0.29, 0.717) is 17.7 Å². The normalized spacial score (nSPS) is 11.6. The van der Waals surface area contributed by atoms with Crippen molar-refractivity contribution in [1.82, 2.24) is 9.88 Å². The zero-order valence-electron chi connectivity index (χ0n) is 18.6. The van der Waals surface area contributed by atoms with Gasteiger partial charge in [0.2, 0.25) is 5.78 Å². The van der Waals surface area contributed by atoms with E-state index in [-0.39, 0.29) is 24.7 Å². The third kappa shape index (κ3) is 5.94. The highest BCUT2D eigenvalue weighted by atomic mass is 16.5. The van der Waals surface area contributed by atoms with Crippen molar-refractivity contribution >= 4 is 17.7 Å². The first-order valence-corrected chi connectivity index (χ1v) is 10.6. The van der Waals surface area contributed by atoms with Crippen molar-refractivity contribution in [3.05, 3.63) is 94.8 Å². The van der Waals surface area contributed by atoms with Gasteiger partial charge in [-0.3, -0.25) is 14.4 Å². The fraction of sp³-hybridized carbons (Fsp3) is 0.269. The Hall–Kier alpha value is -3.67. The molecule has 1 unspecified atom stereocenters. The van der Waals surface area contributed by atoms with E-state index in [9.17, 15) is 14.4 Å². The molecule has 0 aliphatic rings. The average molecular weight is 433 g/mol. The minimum atomic E-state index is -0.530. The highest BCUT2D eigenvalue weighted by molar-refractivity contribution is 5.99. The van der Waals surface area contributed by atoms with Gasteiger partial charge in [0.1, 0.15) is 0 Å². The first-order valence-electron chi connectivity index (χ1n) is 10.6. The number of amides is 1. The lowest BCUT2D eigenvalue weighted by atomic mass is 10.1. The van der Waals surface area contributed by atoms with Gasteiger partial charge < -0.3 is 14.6 Å². The largest absolute Gasteiger partial charge is 0.457 e. The summed E-state index contributed by atoms with van der Waals surface area (Å²) in [5.74, 6) is -1.03. The number of hydrogen-bond acceptors (Lipinski definition) is 4. The van der Waals surface area contributed by atoms with Gasteiger partial charge in [-0.05, 0) is 44.5 Å². The zero-order chi connectivity index (χ0) is 23.1. The van der Waals surface area contributed by atoms with Crippen molar-refractivity contribution in [2.75, 3.05) is 6.61 Å². The topological polar surface area (TPSA) is 77.4 Å². The van der Waals surface area contributed by atoms with Crippen molar-refractivity contribution in [3.8, 4) is 0 Å². The van der Waals surface area contributed by atoms with Crippen molar-refractivity contribution in [2.24, 2.45) is 0 Å². The maximum Gasteiger partial charge on any atom is 0.308 e. The Kier molecular flexibility index (Phi) is 7.60. The van der Waals surface area contributed by atoms with Crippen LogP contribution in [-0.4, -0.2) is 34.9 Å². The molecule has 32 heavy (non-hydrogen) atoms. The number of hydrogen-bond donors (Lipinski definition) is 1. The van der Waals surface area contributed by atoms with Crippen molar-refractivity contribution < 1.29 is 19.1 Å². The van der Waals surface area contributed by atoms with E-state index in [1.54, 1.807) is 31.2 Å². The highest BCUT2D eigenvalue weighted by Crippen LogP contribution is 2.18. The number of ketones is 1. The van der Waals surface area contributed by atoms with Crippen molar-refractivity contribution in [2.45, 2.75) is 39.8 Å². The summed E-state index contributed by atoms with van der Waals surface area (Å²) in [6.45, 7) is 5.92. The number of carbonyl (C=O) groups excluding carboxylic acids is 3. The van der Waals surface area contributed by atoms with Crippen LogP contribution in [0.25, 0.3) is 0 Å². The molecule has 1 N–H and O–H groups in total. The number of ether oxygens (including phenoxy) is 1. The minimum Gasteiger partial charge on any atom is -0.457 e. The van der Waals surface area contributed by atoms with Crippen LogP contribution in [0.1, 0.15) is 51.0 Å². The smallest absolute Gasteiger partial charge is 0.308 e. The lowest BCUT2D eigenvalue weighted by molar-refractivity contribution is -0.142. The molecule has 6 heteroatoms. The van der Waals surface area contributed by atoms with Crippen LogP contribution in [-0.2, 0) is 16.1 Å². The molecule has 1 aromatic heterocycles. The second-order valence-corrected chi connectivity index (χ2v) is 7.89. The molecule has 0 saturated carbocycles. The maximum atomic E-state index is 12.7. The lowest BCUT2D eigenvalue weighted by Crippen LogP contribution is -2.34. The molecule has 2 aromatic carbocycles. The quantitative estimate of drug-likeness (QED) is 0.408. The van der Waals surface area contributed by atoms with E-state index < -0.39 is 12.0 Å². The van der Waals surface area contributed by atoms with Crippen LogP contribution >= 0.6 is 0 Å². The molecule has 0 saturated heterocycles. The minimum absolute atomic E-state index is 0.0150. The molecule has 166 valence electrons. The number of benzene rings is 2. The summed E-state index contributed by atoms with van der Waals surface area (Å²) in [6, 6.07) is 20.2. The van der Waals surface area contributed by atoms with Gasteiger partial charge in [0.05, 0.1) is 6.42 Å². The number of carbonyl (C=O) groups is 3. The molecule has 3 aromatic rings. The Morgan fingerprint density at radius 1 is 0.969 bits per heavy atom. The molecule has 0 aliphatic heterocycles. The summed E-state index contributed by atoms with van der Waals surface area (Å²) in [7, 11) is 0. The van der Waals surface area contributed by atoms with Crippen LogP contribution in [0.3, 0.4) is 0 Å². The van der Waals surface area contributed by atoms with Gasteiger partial charge in [0, 0.05) is 35.1 Å². The predicted octanol–water partition coefficient (Wildman–Crippen LogP) is 4.09. The van der Waals surface area contributed by atoms with Crippen LogP contribution in [0.4, 0.5) is 0 Å². The number of Topliss-reactive ketones (excluding diaryl/α,β-unsaturated/α-hetero) is 1. The van der Waals surface area contributed by atoms with Crippen LogP contribution in [0.15, 0.2) is 66.7 Å². The van der Waals surface area contributed by atoms with Crippen LogP contribution in [0.2, 0.25) is 0 Å². The second kappa shape index (κ2) is 10.6. The molecule has 0 spiro atoms.